The fourth-order valence-corrected chi connectivity index (χ4v) is 3.44. The lowest BCUT2D eigenvalue weighted by atomic mass is 10.1. The summed E-state index contributed by atoms with van der Waals surface area (Å²) in [5, 5.41) is 14.2. The second-order valence-electron chi connectivity index (χ2n) is 7.55. The molecule has 1 atom stereocenters. The van der Waals surface area contributed by atoms with E-state index in [1.54, 1.807) is 12.1 Å². The van der Waals surface area contributed by atoms with E-state index >= 15 is 0 Å². The van der Waals surface area contributed by atoms with Gasteiger partial charge in [0, 0.05) is 0 Å². The average Bonchev–Trinajstić information content (AvgIpc) is 2.73. The molecule has 0 unspecified atom stereocenters. The number of hydrogen-bond acceptors (Lipinski definition) is 6. The maximum atomic E-state index is 11.1. The number of aryl methyl sites for hydroxylation is 1. The Balaban J connectivity index is 0. The predicted octanol–water partition coefficient (Wildman–Crippen LogP) is 3.95. The van der Waals surface area contributed by atoms with Gasteiger partial charge in [0.25, 0.3) is 0 Å². The molecule has 8 nitrogen and oxygen atoms in total. The van der Waals surface area contributed by atoms with Gasteiger partial charge in [0.2, 0.25) is 0 Å². The van der Waals surface area contributed by atoms with Crippen LogP contribution in [0.1, 0.15) is 56.6 Å². The molecule has 0 amide bonds. The van der Waals surface area contributed by atoms with E-state index in [1.807, 2.05) is 37.3 Å². The number of hydrogen-bond donors (Lipinski definition) is 3. The molecule has 33 heavy (non-hydrogen) atoms. The Bertz CT molecular complexity index is 859. The number of carboxylic acid groups (broad SMARTS) is 1. The quantitative estimate of drug-likeness (QED) is 0.303. The molecule has 0 aliphatic carbocycles. The number of nitrogens with one attached hydrogen (secondary N) is 1. The number of unbranched alkanes of at least 4 members (excludes halogenated alkanes) is 5. The van der Waals surface area contributed by atoms with Crippen LogP contribution in [-0.4, -0.2) is 31.5 Å². The highest BCUT2D eigenvalue weighted by molar-refractivity contribution is 7.85. The van der Waals surface area contributed by atoms with Gasteiger partial charge in [-0.05, 0) is 44.0 Å². The lowest BCUT2D eigenvalue weighted by Gasteiger charge is -2.19. The summed E-state index contributed by atoms with van der Waals surface area (Å²) >= 11 is 0. The number of aliphatic carboxylic acids is 1. The van der Waals surface area contributed by atoms with Crippen LogP contribution in [0.25, 0.3) is 0 Å². The van der Waals surface area contributed by atoms with Crippen molar-refractivity contribution in [1.82, 2.24) is 17.6 Å². The first-order chi connectivity index (χ1) is 14.7. The summed E-state index contributed by atoms with van der Waals surface area (Å²) in [6.45, 7) is 4.77. The maximum Gasteiger partial charge on any atom is 0.124 e. The number of benzene rings is 2. The van der Waals surface area contributed by atoms with E-state index in [1.165, 1.54) is 37.8 Å². The van der Waals surface area contributed by atoms with Crippen molar-refractivity contribution in [3.8, 4) is 0 Å². The molecular formula is C24H41N3O5S. The van der Waals surface area contributed by atoms with Gasteiger partial charge in [-0.15, -0.1) is 0 Å². The minimum Gasteiger partial charge on any atom is -0.744 e. The van der Waals surface area contributed by atoms with Crippen molar-refractivity contribution < 1.29 is 22.9 Å². The maximum absolute atomic E-state index is 11.1. The third-order valence-corrected chi connectivity index (χ3v) is 5.65. The van der Waals surface area contributed by atoms with E-state index in [2.05, 4.69) is 12.2 Å². The standard InChI is InChI=1S/C17H27NO2.C7H8O3S.2H3N/c1-2-3-4-5-6-10-13-18-16(17(19)20)14-15-11-8-7-9-12-15;1-6-2-4-7(5-3-6)11(8,9)10;;/h7-9,11-12,16,18H,2-6,10,13-14H2,1H3,(H,19,20);2-5H,1H3,(H,8,9,10);2*1H3/t16-;;;/m0.../s1. The zero-order valence-electron chi connectivity index (χ0n) is 20.4. The third kappa shape index (κ3) is 15.2. The van der Waals surface area contributed by atoms with Crippen molar-refractivity contribution in [2.24, 2.45) is 0 Å². The Kier molecular flexibility index (Phi) is 18.1. The summed E-state index contributed by atoms with van der Waals surface area (Å²) in [4.78, 5) is 11.0. The van der Waals surface area contributed by atoms with Gasteiger partial charge in [0.05, 0.1) is 16.9 Å². The fraction of sp³-hybridized carbons (Fsp3) is 0.458. The summed E-state index contributed by atoms with van der Waals surface area (Å²) in [5.74, 6) is -1.01. The van der Waals surface area contributed by atoms with Crippen LogP contribution < -0.4 is 22.7 Å². The van der Waals surface area contributed by atoms with Gasteiger partial charge in [0.15, 0.2) is 0 Å². The number of carbonyl (C=O) groups excluding carboxylic acids is 1. The largest absolute Gasteiger partial charge is 0.744 e. The summed E-state index contributed by atoms with van der Waals surface area (Å²) in [6, 6.07) is 14.9. The van der Waals surface area contributed by atoms with Crippen molar-refractivity contribution >= 4 is 16.1 Å². The van der Waals surface area contributed by atoms with Crippen molar-refractivity contribution in [2.75, 3.05) is 6.54 Å². The van der Waals surface area contributed by atoms with Crippen molar-refractivity contribution in [1.29, 1.82) is 0 Å². The first-order valence-corrected chi connectivity index (χ1v) is 12.2. The first kappa shape index (κ1) is 32.9. The zero-order valence-corrected chi connectivity index (χ0v) is 21.2. The van der Waals surface area contributed by atoms with E-state index in [9.17, 15) is 22.9 Å². The smallest absolute Gasteiger partial charge is 0.124 e. The van der Waals surface area contributed by atoms with E-state index in [0.717, 1.165) is 30.5 Å². The van der Waals surface area contributed by atoms with Crippen LogP contribution in [-0.2, 0) is 21.3 Å². The summed E-state index contributed by atoms with van der Waals surface area (Å²) in [7, 11) is -4.27. The highest BCUT2D eigenvalue weighted by atomic mass is 32.2. The Hall–Kier alpha value is -2.30. The van der Waals surface area contributed by atoms with Crippen LogP contribution in [0.15, 0.2) is 59.5 Å². The monoisotopic (exact) mass is 483 g/mol. The first-order valence-electron chi connectivity index (χ1n) is 10.7. The molecule has 9 N–H and O–H groups in total. The molecule has 0 bridgehead atoms. The molecule has 0 saturated carbocycles. The van der Waals surface area contributed by atoms with Crippen molar-refractivity contribution in [3.05, 3.63) is 65.7 Å². The summed E-state index contributed by atoms with van der Waals surface area (Å²) in [6.07, 6.45) is 7.75. The predicted molar refractivity (Wildman–Crippen MR) is 131 cm³/mol. The highest BCUT2D eigenvalue weighted by Crippen LogP contribution is 2.08. The lowest BCUT2D eigenvalue weighted by Crippen LogP contribution is -2.47. The molecule has 188 valence electrons. The highest BCUT2D eigenvalue weighted by Gasteiger charge is 2.09. The van der Waals surface area contributed by atoms with Crippen molar-refractivity contribution in [3.63, 3.8) is 0 Å². The normalized spacial score (nSPS) is 11.2. The summed E-state index contributed by atoms with van der Waals surface area (Å²) in [5.41, 5.74) is 1.95. The van der Waals surface area contributed by atoms with E-state index < -0.39 is 22.1 Å². The molecule has 2 rings (SSSR count). The van der Waals surface area contributed by atoms with Crippen molar-refractivity contribution in [2.45, 2.75) is 69.7 Å². The molecule has 0 aromatic heterocycles. The van der Waals surface area contributed by atoms with Gasteiger partial charge >= 0.3 is 0 Å². The van der Waals surface area contributed by atoms with Crippen LogP contribution in [0.4, 0.5) is 0 Å². The minimum absolute atomic E-state index is 0. The SMILES string of the molecule is CCCCCCCCN[C@@H](Cc1ccccc1)C(=O)[O-].Cc1ccc(S(=O)(=O)[O-])cc1.[NH4+].[NH4+]. The fourth-order valence-electron chi connectivity index (χ4n) is 2.98. The Morgan fingerprint density at radius 2 is 1.45 bits per heavy atom. The van der Waals surface area contributed by atoms with Gasteiger partial charge in [-0.2, -0.15) is 0 Å². The van der Waals surface area contributed by atoms with Crippen LogP contribution in [0.2, 0.25) is 0 Å². The van der Waals surface area contributed by atoms with Gasteiger partial charge in [-0.1, -0.05) is 87.1 Å². The molecule has 0 spiro atoms. The molecule has 0 saturated heterocycles. The Labute approximate surface area is 198 Å². The average molecular weight is 484 g/mol. The molecule has 0 heterocycles. The zero-order chi connectivity index (χ0) is 23.1. The van der Waals surface area contributed by atoms with Crippen LogP contribution >= 0.6 is 0 Å². The lowest BCUT2D eigenvalue weighted by molar-refractivity contribution is -0.308. The van der Waals surface area contributed by atoms with E-state index in [4.69, 9.17) is 0 Å². The van der Waals surface area contributed by atoms with Crippen LogP contribution in [0.5, 0.6) is 0 Å². The van der Waals surface area contributed by atoms with Gasteiger partial charge in [0.1, 0.15) is 10.1 Å². The molecule has 0 fully saturated rings. The number of rotatable bonds is 12. The topological polar surface area (TPSA) is 182 Å². The summed E-state index contributed by atoms with van der Waals surface area (Å²) < 4.78 is 31.2. The van der Waals surface area contributed by atoms with Gasteiger partial charge in [-0.3, -0.25) is 0 Å². The molecule has 0 aliphatic rings. The molecule has 0 aliphatic heterocycles. The van der Waals surface area contributed by atoms with Crippen LogP contribution in [0.3, 0.4) is 0 Å². The second-order valence-corrected chi connectivity index (χ2v) is 8.93. The molecule has 2 aromatic carbocycles. The van der Waals surface area contributed by atoms with E-state index in [-0.39, 0.29) is 17.2 Å². The molecule has 9 heteroatoms. The molecule has 0 radical (unpaired) electrons. The van der Waals surface area contributed by atoms with Gasteiger partial charge < -0.3 is 32.1 Å². The molecular weight excluding hydrogens is 442 g/mol. The van der Waals surface area contributed by atoms with Crippen LogP contribution in [0, 0.1) is 6.92 Å². The number of carbonyl (C=O) groups is 1. The number of carboxylic acids is 1. The van der Waals surface area contributed by atoms with E-state index in [0.29, 0.717) is 6.42 Å². The Morgan fingerprint density at radius 1 is 0.909 bits per heavy atom. The van der Waals surface area contributed by atoms with Gasteiger partial charge in [-0.25, -0.2) is 8.42 Å². The molecule has 2 aromatic rings. The third-order valence-electron chi connectivity index (χ3n) is 4.80. The number of quaternary nitrogens is 2. The Morgan fingerprint density at radius 3 is 1.97 bits per heavy atom. The minimum atomic E-state index is -4.27. The second kappa shape index (κ2) is 18.2.